The number of aliphatic hydroxyl groups is 2. The quantitative estimate of drug-likeness (QED) is 0.430. The maximum atomic E-state index is 9.69. The van der Waals surface area contributed by atoms with Gasteiger partial charge in [0.15, 0.2) is 12.5 Å². The van der Waals surface area contributed by atoms with Crippen molar-refractivity contribution in [1.29, 1.82) is 0 Å². The Labute approximate surface area is 82.9 Å². The van der Waals surface area contributed by atoms with Crippen LogP contribution in [-0.4, -0.2) is 54.3 Å². The van der Waals surface area contributed by atoms with Gasteiger partial charge in [-0.05, 0) is 27.7 Å². The summed E-state index contributed by atoms with van der Waals surface area (Å²) < 4.78 is 0. The van der Waals surface area contributed by atoms with Gasteiger partial charge in [0.2, 0.25) is 0 Å². The minimum Gasteiger partial charge on any atom is -0.374 e. The molecule has 6 heteroatoms. The molecule has 6 nitrogen and oxygen atoms in total. The number of hydrogen-bond donors (Lipinski definition) is 4. The van der Waals surface area contributed by atoms with Crippen LogP contribution in [0.1, 0.15) is 27.7 Å². The number of nitrogens with zero attached hydrogens (tertiary/aromatic N) is 2. The predicted molar refractivity (Wildman–Crippen MR) is 47.4 cm³/mol. The van der Waals surface area contributed by atoms with Crippen LogP contribution in [0.25, 0.3) is 0 Å². The maximum absolute atomic E-state index is 9.69. The van der Waals surface area contributed by atoms with Crippen LogP contribution in [-0.2, 0) is 0 Å². The van der Waals surface area contributed by atoms with E-state index < -0.39 is 23.5 Å². The van der Waals surface area contributed by atoms with Crippen LogP contribution in [0.3, 0.4) is 0 Å². The van der Waals surface area contributed by atoms with Gasteiger partial charge in [-0.2, -0.15) is 10.1 Å². The van der Waals surface area contributed by atoms with Crippen LogP contribution in [0.15, 0.2) is 0 Å². The Morgan fingerprint density at radius 1 is 0.786 bits per heavy atom. The SMILES string of the molecule is CC1(C)C(O)N(O)C(C)(C)C(O)N1O. The molecule has 14 heavy (non-hydrogen) atoms. The summed E-state index contributed by atoms with van der Waals surface area (Å²) in [5.41, 5.74) is -2.27. The van der Waals surface area contributed by atoms with Crippen LogP contribution in [0.4, 0.5) is 0 Å². The van der Waals surface area contributed by atoms with Gasteiger partial charge in [0.05, 0.1) is 11.1 Å². The van der Waals surface area contributed by atoms with Crippen LogP contribution in [0, 0.1) is 0 Å². The Bertz CT molecular complexity index is 187. The zero-order valence-electron chi connectivity index (χ0n) is 8.84. The van der Waals surface area contributed by atoms with Gasteiger partial charge >= 0.3 is 0 Å². The summed E-state index contributed by atoms with van der Waals surface area (Å²) in [7, 11) is 0. The predicted octanol–water partition coefficient (Wildman–Crippen LogP) is -0.424. The molecule has 1 aliphatic rings. The lowest BCUT2D eigenvalue weighted by Gasteiger charge is -2.55. The molecule has 2 atom stereocenters. The van der Waals surface area contributed by atoms with E-state index in [9.17, 15) is 20.6 Å². The first-order valence-electron chi connectivity index (χ1n) is 4.46. The van der Waals surface area contributed by atoms with E-state index in [4.69, 9.17) is 0 Å². The number of hydrogen-bond acceptors (Lipinski definition) is 6. The van der Waals surface area contributed by atoms with Gasteiger partial charge in [0, 0.05) is 0 Å². The van der Waals surface area contributed by atoms with Crippen LogP contribution >= 0.6 is 0 Å². The third kappa shape index (κ3) is 1.35. The molecule has 0 spiro atoms. The lowest BCUT2D eigenvalue weighted by molar-refractivity contribution is -0.408. The lowest BCUT2D eigenvalue weighted by atomic mass is 9.89. The second-order valence-electron chi connectivity index (χ2n) is 4.74. The molecule has 0 aromatic heterocycles. The highest BCUT2D eigenvalue weighted by Gasteiger charge is 2.55. The molecule has 1 rings (SSSR count). The average Bonchev–Trinajstić information content (AvgIpc) is 2.11. The molecule has 1 aliphatic heterocycles. The van der Waals surface area contributed by atoms with E-state index in [1.54, 1.807) is 0 Å². The van der Waals surface area contributed by atoms with E-state index in [0.29, 0.717) is 10.1 Å². The first-order valence-corrected chi connectivity index (χ1v) is 4.46. The Balaban J connectivity index is 3.07. The van der Waals surface area contributed by atoms with Crippen molar-refractivity contribution >= 4 is 0 Å². The fraction of sp³-hybridized carbons (Fsp3) is 1.00. The molecule has 4 N–H and O–H groups in total. The molecule has 0 aromatic rings. The summed E-state index contributed by atoms with van der Waals surface area (Å²) in [5.74, 6) is 0. The van der Waals surface area contributed by atoms with Gasteiger partial charge in [-0.15, -0.1) is 0 Å². The summed E-state index contributed by atoms with van der Waals surface area (Å²) in [4.78, 5) is 0. The molecule has 0 aromatic carbocycles. The van der Waals surface area contributed by atoms with Crippen molar-refractivity contribution in [3.05, 3.63) is 0 Å². The van der Waals surface area contributed by atoms with E-state index in [1.807, 2.05) is 0 Å². The van der Waals surface area contributed by atoms with E-state index >= 15 is 0 Å². The van der Waals surface area contributed by atoms with Gasteiger partial charge in [-0.1, -0.05) is 0 Å². The molecule has 84 valence electrons. The van der Waals surface area contributed by atoms with E-state index in [0.717, 1.165) is 0 Å². The molecule has 0 aliphatic carbocycles. The minimum absolute atomic E-state index is 0.657. The Hall–Kier alpha value is -0.240. The summed E-state index contributed by atoms with van der Waals surface area (Å²) in [5, 5.41) is 39.9. The number of aliphatic hydroxyl groups excluding tert-OH is 2. The van der Waals surface area contributed by atoms with Crippen molar-refractivity contribution in [2.75, 3.05) is 0 Å². The largest absolute Gasteiger partial charge is 0.374 e. The van der Waals surface area contributed by atoms with Gasteiger partial charge in [0.25, 0.3) is 0 Å². The molecule has 0 amide bonds. The summed E-state index contributed by atoms with van der Waals surface area (Å²) in [6.45, 7) is 6.05. The average molecular weight is 206 g/mol. The molecule has 1 heterocycles. The Kier molecular flexibility index (Phi) is 2.64. The fourth-order valence-corrected chi connectivity index (χ4v) is 1.47. The van der Waals surface area contributed by atoms with Crippen molar-refractivity contribution in [1.82, 2.24) is 10.1 Å². The third-order valence-electron chi connectivity index (χ3n) is 2.91. The molecule has 0 saturated carbocycles. The second-order valence-corrected chi connectivity index (χ2v) is 4.74. The second kappa shape index (κ2) is 3.13. The maximum Gasteiger partial charge on any atom is 0.150 e. The molecular formula is C8H18N2O4. The fourth-order valence-electron chi connectivity index (χ4n) is 1.47. The topological polar surface area (TPSA) is 87.4 Å². The van der Waals surface area contributed by atoms with E-state index in [-0.39, 0.29) is 0 Å². The highest BCUT2D eigenvalue weighted by Crippen LogP contribution is 2.35. The van der Waals surface area contributed by atoms with Gasteiger partial charge in [-0.3, -0.25) is 0 Å². The molecule has 2 unspecified atom stereocenters. The molecule has 0 radical (unpaired) electrons. The Morgan fingerprint density at radius 3 is 1.21 bits per heavy atom. The van der Waals surface area contributed by atoms with Gasteiger partial charge < -0.3 is 20.6 Å². The highest BCUT2D eigenvalue weighted by atomic mass is 16.6. The van der Waals surface area contributed by atoms with E-state index in [2.05, 4.69) is 0 Å². The molecular weight excluding hydrogens is 188 g/mol. The van der Waals surface area contributed by atoms with Crippen molar-refractivity contribution in [3.63, 3.8) is 0 Å². The Morgan fingerprint density at radius 2 is 1.00 bits per heavy atom. The van der Waals surface area contributed by atoms with E-state index in [1.165, 1.54) is 27.7 Å². The minimum atomic E-state index is -1.27. The molecule has 1 saturated heterocycles. The van der Waals surface area contributed by atoms with Gasteiger partial charge in [-0.25, -0.2) is 0 Å². The first-order chi connectivity index (χ1) is 6.13. The normalized spacial score (nSPS) is 38.6. The van der Waals surface area contributed by atoms with Crippen molar-refractivity contribution in [3.8, 4) is 0 Å². The summed E-state index contributed by atoms with van der Waals surface area (Å²) >= 11 is 0. The number of hydroxylamine groups is 4. The zero-order valence-corrected chi connectivity index (χ0v) is 8.84. The van der Waals surface area contributed by atoms with Crippen LogP contribution < -0.4 is 0 Å². The van der Waals surface area contributed by atoms with Crippen molar-refractivity contribution in [2.24, 2.45) is 0 Å². The summed E-state index contributed by atoms with van der Waals surface area (Å²) in [6, 6.07) is 0. The molecule has 0 bridgehead atoms. The van der Waals surface area contributed by atoms with Crippen molar-refractivity contribution in [2.45, 2.75) is 51.2 Å². The number of rotatable bonds is 0. The smallest absolute Gasteiger partial charge is 0.150 e. The van der Waals surface area contributed by atoms with Crippen LogP contribution in [0.5, 0.6) is 0 Å². The standard InChI is InChI=1S/C8H18N2O4/c1-7(2)5(11)10(14)8(3,4)6(12)9(7)13/h5-6,11-14H,1-4H3. The van der Waals surface area contributed by atoms with Crippen LogP contribution in [0.2, 0.25) is 0 Å². The number of piperazine rings is 1. The zero-order chi connectivity index (χ0) is 11.3. The summed E-state index contributed by atoms with van der Waals surface area (Å²) in [6.07, 6.45) is -2.54. The van der Waals surface area contributed by atoms with Gasteiger partial charge in [0.1, 0.15) is 0 Å². The monoisotopic (exact) mass is 206 g/mol. The first kappa shape index (κ1) is 11.8. The third-order valence-corrected chi connectivity index (χ3v) is 2.91. The molecule has 1 fully saturated rings. The highest BCUT2D eigenvalue weighted by molar-refractivity contribution is 4.98. The van der Waals surface area contributed by atoms with Crippen molar-refractivity contribution < 1.29 is 20.6 Å². The lowest BCUT2D eigenvalue weighted by Crippen LogP contribution is -2.75.